The predicted molar refractivity (Wildman–Crippen MR) is 118 cm³/mol. The summed E-state index contributed by atoms with van der Waals surface area (Å²) in [4.78, 5) is 24.9. The van der Waals surface area contributed by atoms with E-state index < -0.39 is 33.6 Å². The second-order valence-electron chi connectivity index (χ2n) is 7.34. The maximum Gasteiger partial charge on any atom is 0.308 e. The van der Waals surface area contributed by atoms with Crippen molar-refractivity contribution in [3.8, 4) is 0 Å². The quantitative estimate of drug-likeness (QED) is 0.596. The normalized spacial score (nSPS) is 12.9. The molecule has 1 heterocycles. The van der Waals surface area contributed by atoms with Crippen LogP contribution in [0.25, 0.3) is 10.2 Å². The fourth-order valence-corrected chi connectivity index (χ4v) is 5.50. The van der Waals surface area contributed by atoms with Gasteiger partial charge >= 0.3 is 4.87 Å². The van der Waals surface area contributed by atoms with E-state index in [1.54, 1.807) is 22.8 Å². The van der Waals surface area contributed by atoms with Crippen molar-refractivity contribution in [2.75, 3.05) is 15.9 Å². The van der Waals surface area contributed by atoms with E-state index in [9.17, 15) is 26.8 Å². The van der Waals surface area contributed by atoms with E-state index >= 15 is 0 Å². The molecule has 0 saturated heterocycles. The Morgan fingerprint density at radius 3 is 2.35 bits per heavy atom. The third kappa shape index (κ3) is 4.62. The van der Waals surface area contributed by atoms with Gasteiger partial charge in [-0.3, -0.25) is 18.5 Å². The van der Waals surface area contributed by atoms with E-state index in [-0.39, 0.29) is 16.6 Å². The van der Waals surface area contributed by atoms with Gasteiger partial charge < -0.3 is 5.32 Å². The standard InChI is InChI=1S/C20H21F2N3O4S2/c1-11(2)24-17-8-5-13(9-18(17)30-20(24)27)23-19(26)12(3)25(31(4,28)29)14-6-7-15(21)16(22)10-14/h5-12H,1-4H3,(H,23,26)/t12-/m0/s1. The minimum Gasteiger partial charge on any atom is -0.324 e. The van der Waals surface area contributed by atoms with Crippen LogP contribution in [0, 0.1) is 11.6 Å². The molecule has 0 aliphatic heterocycles. The second kappa shape index (κ2) is 8.39. The molecule has 166 valence electrons. The number of amides is 1. The molecule has 0 bridgehead atoms. The largest absolute Gasteiger partial charge is 0.324 e. The molecule has 0 saturated carbocycles. The average Bonchev–Trinajstić information content (AvgIpc) is 2.98. The van der Waals surface area contributed by atoms with E-state index in [4.69, 9.17) is 0 Å². The Hall–Kier alpha value is -2.79. The number of fused-ring (bicyclic) bond motifs is 1. The molecule has 0 spiro atoms. The van der Waals surface area contributed by atoms with Crippen LogP contribution in [0.5, 0.6) is 0 Å². The van der Waals surface area contributed by atoms with E-state index in [2.05, 4.69) is 5.32 Å². The van der Waals surface area contributed by atoms with Crippen LogP contribution in [-0.4, -0.2) is 31.2 Å². The summed E-state index contributed by atoms with van der Waals surface area (Å²) in [6, 6.07) is 6.27. The van der Waals surface area contributed by atoms with Crippen molar-refractivity contribution in [3.05, 3.63) is 57.7 Å². The minimum absolute atomic E-state index is 0.0267. The van der Waals surface area contributed by atoms with Gasteiger partial charge in [-0.25, -0.2) is 17.2 Å². The Bertz CT molecular complexity index is 1320. The highest BCUT2D eigenvalue weighted by Gasteiger charge is 2.30. The summed E-state index contributed by atoms with van der Waals surface area (Å²) < 4.78 is 54.6. The number of sulfonamides is 1. The molecule has 0 aliphatic rings. The van der Waals surface area contributed by atoms with Gasteiger partial charge in [-0.1, -0.05) is 11.3 Å². The Balaban J connectivity index is 1.92. The average molecular weight is 470 g/mol. The minimum atomic E-state index is -3.99. The molecule has 3 rings (SSSR count). The summed E-state index contributed by atoms with van der Waals surface area (Å²) >= 11 is 1.04. The molecule has 0 aliphatic carbocycles. The molecule has 31 heavy (non-hydrogen) atoms. The fraction of sp³-hybridized carbons (Fsp3) is 0.300. The van der Waals surface area contributed by atoms with Crippen molar-refractivity contribution in [2.24, 2.45) is 0 Å². The molecule has 2 aromatic carbocycles. The zero-order valence-corrected chi connectivity index (χ0v) is 18.9. The summed E-state index contributed by atoms with van der Waals surface area (Å²) in [5.74, 6) is -3.03. The van der Waals surface area contributed by atoms with Gasteiger partial charge in [0.05, 0.1) is 22.2 Å². The highest BCUT2D eigenvalue weighted by Crippen LogP contribution is 2.26. The summed E-state index contributed by atoms with van der Waals surface area (Å²) in [6.45, 7) is 5.12. The Morgan fingerprint density at radius 1 is 1.10 bits per heavy atom. The smallest absolute Gasteiger partial charge is 0.308 e. The number of hydrogen-bond donors (Lipinski definition) is 1. The van der Waals surface area contributed by atoms with Crippen molar-refractivity contribution in [1.29, 1.82) is 0 Å². The van der Waals surface area contributed by atoms with Gasteiger partial charge in [0.2, 0.25) is 15.9 Å². The molecule has 0 unspecified atom stereocenters. The van der Waals surface area contributed by atoms with Gasteiger partial charge in [-0.2, -0.15) is 0 Å². The van der Waals surface area contributed by atoms with Crippen LogP contribution >= 0.6 is 11.3 Å². The fourth-order valence-electron chi connectivity index (χ4n) is 3.28. The lowest BCUT2D eigenvalue weighted by molar-refractivity contribution is -0.116. The van der Waals surface area contributed by atoms with Crippen molar-refractivity contribution in [3.63, 3.8) is 0 Å². The SMILES string of the molecule is CC(C)n1c(=O)sc2cc(NC(=O)[C@H](C)N(c3ccc(F)c(F)c3)S(C)(=O)=O)ccc21. The Morgan fingerprint density at radius 2 is 1.77 bits per heavy atom. The van der Waals surface area contributed by atoms with Gasteiger partial charge in [0.25, 0.3) is 0 Å². The molecule has 1 atom stereocenters. The Labute approximate surface area is 182 Å². The zero-order valence-electron chi connectivity index (χ0n) is 17.2. The van der Waals surface area contributed by atoms with Crippen molar-refractivity contribution < 1.29 is 22.0 Å². The Kier molecular flexibility index (Phi) is 6.19. The molecule has 1 N–H and O–H groups in total. The van der Waals surface area contributed by atoms with Crippen molar-refractivity contribution in [1.82, 2.24) is 4.57 Å². The number of thiazole rings is 1. The highest BCUT2D eigenvalue weighted by atomic mass is 32.2. The van der Waals surface area contributed by atoms with Gasteiger partial charge in [0, 0.05) is 17.8 Å². The third-order valence-corrected chi connectivity index (χ3v) is 6.80. The summed E-state index contributed by atoms with van der Waals surface area (Å²) in [5, 5.41) is 2.62. The summed E-state index contributed by atoms with van der Waals surface area (Å²) in [6.07, 6.45) is 0.871. The van der Waals surface area contributed by atoms with Gasteiger partial charge in [0.1, 0.15) is 6.04 Å². The number of aromatic nitrogens is 1. The lowest BCUT2D eigenvalue weighted by atomic mass is 10.2. The molecule has 0 fully saturated rings. The number of carbonyl (C=O) groups is 1. The molecular weight excluding hydrogens is 448 g/mol. The van der Waals surface area contributed by atoms with E-state index in [1.165, 1.54) is 6.92 Å². The molecule has 0 radical (unpaired) electrons. The van der Waals surface area contributed by atoms with Crippen LogP contribution in [0.4, 0.5) is 20.2 Å². The number of rotatable bonds is 6. The zero-order chi connectivity index (χ0) is 23.1. The van der Waals surface area contributed by atoms with E-state index in [0.29, 0.717) is 10.4 Å². The molecule has 1 amide bonds. The number of nitrogens with zero attached hydrogens (tertiary/aromatic N) is 2. The maximum absolute atomic E-state index is 13.7. The third-order valence-electron chi connectivity index (χ3n) is 4.64. The number of hydrogen-bond acceptors (Lipinski definition) is 5. The topological polar surface area (TPSA) is 88.5 Å². The van der Waals surface area contributed by atoms with Gasteiger partial charge in [-0.05, 0) is 51.1 Å². The van der Waals surface area contributed by atoms with Crippen LogP contribution in [0.1, 0.15) is 26.8 Å². The van der Waals surface area contributed by atoms with Crippen LogP contribution in [0.15, 0.2) is 41.2 Å². The molecular formula is C20H21F2N3O4S2. The molecule has 11 heteroatoms. The first-order valence-electron chi connectivity index (χ1n) is 9.30. The second-order valence-corrected chi connectivity index (χ2v) is 10.2. The lowest BCUT2D eigenvalue weighted by Gasteiger charge is -2.28. The van der Waals surface area contributed by atoms with Crippen molar-refractivity contribution >= 4 is 48.9 Å². The lowest BCUT2D eigenvalue weighted by Crippen LogP contribution is -2.45. The summed E-state index contributed by atoms with van der Waals surface area (Å²) in [5.41, 5.74) is 0.933. The number of benzene rings is 2. The maximum atomic E-state index is 13.7. The first kappa shape index (κ1) is 22.9. The molecule has 7 nitrogen and oxygen atoms in total. The van der Waals surface area contributed by atoms with Crippen LogP contribution in [0.2, 0.25) is 0 Å². The van der Waals surface area contributed by atoms with Crippen LogP contribution in [-0.2, 0) is 14.8 Å². The van der Waals surface area contributed by atoms with E-state index in [1.807, 2.05) is 13.8 Å². The summed E-state index contributed by atoms with van der Waals surface area (Å²) in [7, 11) is -3.99. The number of anilines is 2. The number of nitrogens with one attached hydrogen (secondary N) is 1. The first-order chi connectivity index (χ1) is 14.4. The van der Waals surface area contributed by atoms with Crippen LogP contribution in [0.3, 0.4) is 0 Å². The monoisotopic (exact) mass is 469 g/mol. The van der Waals surface area contributed by atoms with E-state index in [0.717, 1.165) is 45.6 Å². The molecule has 3 aromatic rings. The van der Waals surface area contributed by atoms with Gasteiger partial charge in [-0.15, -0.1) is 0 Å². The highest BCUT2D eigenvalue weighted by molar-refractivity contribution is 7.92. The van der Waals surface area contributed by atoms with Crippen molar-refractivity contribution in [2.45, 2.75) is 32.9 Å². The number of carbonyl (C=O) groups excluding carboxylic acids is 1. The van der Waals surface area contributed by atoms with Gasteiger partial charge in [0.15, 0.2) is 11.6 Å². The molecule has 1 aromatic heterocycles. The first-order valence-corrected chi connectivity index (χ1v) is 12.0. The van der Waals surface area contributed by atoms with Crippen LogP contribution < -0.4 is 14.5 Å². The predicted octanol–water partition coefficient (Wildman–Crippen LogP) is 3.72. The number of halogens is 2.